The minimum atomic E-state index is -0.211. The number of carbonyl (C=O) groups is 1. The summed E-state index contributed by atoms with van der Waals surface area (Å²) in [4.78, 5) is 12.2. The number of nitrogens with one attached hydrogen (secondary N) is 1. The Kier molecular flexibility index (Phi) is 4.29. The van der Waals surface area contributed by atoms with Gasteiger partial charge in [0.1, 0.15) is 5.75 Å². The molecule has 0 unspecified atom stereocenters. The number of hydrogen-bond donors (Lipinski definition) is 2. The van der Waals surface area contributed by atoms with Gasteiger partial charge < -0.3 is 15.8 Å². The molecule has 0 aliphatic rings. The smallest absolute Gasteiger partial charge is 0.255 e. The van der Waals surface area contributed by atoms with Crippen LogP contribution in [0.15, 0.2) is 40.9 Å². The van der Waals surface area contributed by atoms with Crippen molar-refractivity contribution in [2.75, 3.05) is 18.2 Å². The second-order valence-corrected chi connectivity index (χ2v) is 5.32. The lowest BCUT2D eigenvalue weighted by molar-refractivity contribution is 0.102. The molecule has 104 valence electrons. The number of nitrogen functional groups attached to an aromatic ring is 1. The van der Waals surface area contributed by atoms with Gasteiger partial charge in [-0.1, -0.05) is 22.0 Å². The van der Waals surface area contributed by atoms with Crippen molar-refractivity contribution in [2.24, 2.45) is 0 Å². The minimum Gasteiger partial charge on any atom is -0.497 e. The summed E-state index contributed by atoms with van der Waals surface area (Å²) in [6, 6.07) is 10.6. The topological polar surface area (TPSA) is 64.3 Å². The van der Waals surface area contributed by atoms with Crippen molar-refractivity contribution in [1.82, 2.24) is 0 Å². The summed E-state index contributed by atoms with van der Waals surface area (Å²) >= 11 is 3.37. The molecular formula is C15H15BrN2O2. The zero-order chi connectivity index (χ0) is 14.7. The lowest BCUT2D eigenvalue weighted by Gasteiger charge is -2.09. The molecule has 0 saturated heterocycles. The maximum atomic E-state index is 12.2. The van der Waals surface area contributed by atoms with Gasteiger partial charge in [0.25, 0.3) is 5.91 Å². The second-order valence-electron chi connectivity index (χ2n) is 4.41. The highest BCUT2D eigenvalue weighted by atomic mass is 79.9. The lowest BCUT2D eigenvalue weighted by atomic mass is 10.1. The Balaban J connectivity index is 2.23. The summed E-state index contributed by atoms with van der Waals surface area (Å²) in [5.41, 5.74) is 8.54. The molecule has 0 fully saturated rings. The average molecular weight is 335 g/mol. The average Bonchev–Trinajstić information content (AvgIpc) is 2.41. The number of carbonyl (C=O) groups excluding carboxylic acids is 1. The van der Waals surface area contributed by atoms with E-state index >= 15 is 0 Å². The van der Waals surface area contributed by atoms with Crippen LogP contribution in [0.1, 0.15) is 15.9 Å². The van der Waals surface area contributed by atoms with Gasteiger partial charge in [-0.2, -0.15) is 0 Å². The minimum absolute atomic E-state index is 0.211. The number of rotatable bonds is 3. The molecule has 2 rings (SSSR count). The van der Waals surface area contributed by atoms with Gasteiger partial charge in [-0.15, -0.1) is 0 Å². The molecule has 0 atom stereocenters. The van der Waals surface area contributed by atoms with Gasteiger partial charge in [0.2, 0.25) is 0 Å². The summed E-state index contributed by atoms with van der Waals surface area (Å²) in [5.74, 6) is 0.454. The van der Waals surface area contributed by atoms with E-state index in [1.807, 2.05) is 19.1 Å². The molecule has 2 aromatic carbocycles. The molecule has 0 saturated carbocycles. The predicted octanol–water partition coefficient (Wildman–Crippen LogP) is 3.60. The molecule has 0 radical (unpaired) electrons. The Hall–Kier alpha value is -2.01. The van der Waals surface area contributed by atoms with Crippen LogP contribution < -0.4 is 15.8 Å². The molecular weight excluding hydrogens is 320 g/mol. The highest BCUT2D eigenvalue weighted by molar-refractivity contribution is 9.10. The van der Waals surface area contributed by atoms with E-state index in [1.165, 1.54) is 0 Å². The van der Waals surface area contributed by atoms with Crippen LogP contribution in [-0.2, 0) is 0 Å². The number of ether oxygens (including phenoxy) is 1. The standard InChI is InChI=1S/C15H15BrN2O2/c1-9-3-4-10(5-14(9)17)15(19)18-12-6-11(16)7-13(8-12)20-2/h3-8H,17H2,1-2H3,(H,18,19). The van der Waals surface area contributed by atoms with E-state index in [9.17, 15) is 4.79 Å². The van der Waals surface area contributed by atoms with Gasteiger partial charge in [-0.25, -0.2) is 0 Å². The number of hydrogen-bond acceptors (Lipinski definition) is 3. The normalized spacial score (nSPS) is 10.2. The molecule has 2 aromatic rings. The molecule has 0 aliphatic carbocycles. The first-order valence-electron chi connectivity index (χ1n) is 6.01. The van der Waals surface area contributed by atoms with Crippen LogP contribution >= 0.6 is 15.9 Å². The first-order chi connectivity index (χ1) is 9.49. The largest absolute Gasteiger partial charge is 0.497 e. The lowest BCUT2D eigenvalue weighted by Crippen LogP contribution is -2.12. The van der Waals surface area contributed by atoms with Crippen molar-refractivity contribution in [3.8, 4) is 5.75 Å². The third-order valence-electron chi connectivity index (χ3n) is 2.91. The number of amides is 1. The van der Waals surface area contributed by atoms with Gasteiger partial charge >= 0.3 is 0 Å². The van der Waals surface area contributed by atoms with E-state index in [4.69, 9.17) is 10.5 Å². The number of aryl methyl sites for hydroxylation is 1. The Morgan fingerprint density at radius 1 is 1.25 bits per heavy atom. The number of anilines is 2. The van der Waals surface area contributed by atoms with Gasteiger partial charge in [0, 0.05) is 27.5 Å². The molecule has 20 heavy (non-hydrogen) atoms. The monoisotopic (exact) mass is 334 g/mol. The van der Waals surface area contributed by atoms with Gasteiger partial charge in [-0.05, 0) is 36.8 Å². The van der Waals surface area contributed by atoms with Crippen LogP contribution in [-0.4, -0.2) is 13.0 Å². The first-order valence-corrected chi connectivity index (χ1v) is 6.81. The summed E-state index contributed by atoms with van der Waals surface area (Å²) in [6.45, 7) is 1.90. The molecule has 3 N–H and O–H groups in total. The van der Waals surface area contributed by atoms with Crippen LogP contribution in [0, 0.1) is 6.92 Å². The zero-order valence-electron chi connectivity index (χ0n) is 11.2. The molecule has 0 spiro atoms. The molecule has 0 bridgehead atoms. The van der Waals surface area contributed by atoms with E-state index in [2.05, 4.69) is 21.2 Å². The van der Waals surface area contributed by atoms with E-state index in [0.717, 1.165) is 10.0 Å². The van der Waals surface area contributed by atoms with Gasteiger partial charge in [0.05, 0.1) is 7.11 Å². The Morgan fingerprint density at radius 3 is 2.65 bits per heavy atom. The predicted molar refractivity (Wildman–Crippen MR) is 84.2 cm³/mol. The fourth-order valence-electron chi connectivity index (χ4n) is 1.74. The molecule has 4 nitrogen and oxygen atoms in total. The highest BCUT2D eigenvalue weighted by Gasteiger charge is 2.08. The summed E-state index contributed by atoms with van der Waals surface area (Å²) in [6.07, 6.45) is 0. The Bertz CT molecular complexity index is 656. The van der Waals surface area contributed by atoms with Crippen molar-refractivity contribution in [3.05, 3.63) is 52.0 Å². The zero-order valence-corrected chi connectivity index (χ0v) is 12.8. The molecule has 0 aliphatic heterocycles. The fraction of sp³-hybridized carbons (Fsp3) is 0.133. The van der Waals surface area contributed by atoms with E-state index in [0.29, 0.717) is 22.7 Å². The first kappa shape index (κ1) is 14.4. The third-order valence-corrected chi connectivity index (χ3v) is 3.36. The number of benzene rings is 2. The van der Waals surface area contributed by atoms with Crippen molar-refractivity contribution in [1.29, 1.82) is 0 Å². The molecule has 0 aromatic heterocycles. The summed E-state index contributed by atoms with van der Waals surface area (Å²) in [7, 11) is 1.58. The number of nitrogens with two attached hydrogens (primary N) is 1. The van der Waals surface area contributed by atoms with Crippen LogP contribution in [0.5, 0.6) is 5.75 Å². The van der Waals surface area contributed by atoms with Crippen molar-refractivity contribution in [3.63, 3.8) is 0 Å². The van der Waals surface area contributed by atoms with E-state index < -0.39 is 0 Å². The number of methoxy groups -OCH3 is 1. The Morgan fingerprint density at radius 2 is 2.00 bits per heavy atom. The Labute approximate surface area is 126 Å². The maximum absolute atomic E-state index is 12.2. The second kappa shape index (κ2) is 5.96. The van der Waals surface area contributed by atoms with E-state index in [-0.39, 0.29) is 5.91 Å². The van der Waals surface area contributed by atoms with Crippen LogP contribution in [0.4, 0.5) is 11.4 Å². The quantitative estimate of drug-likeness (QED) is 0.843. The SMILES string of the molecule is COc1cc(Br)cc(NC(=O)c2ccc(C)c(N)c2)c1. The maximum Gasteiger partial charge on any atom is 0.255 e. The van der Waals surface area contributed by atoms with Crippen LogP contribution in [0.3, 0.4) is 0 Å². The van der Waals surface area contributed by atoms with Crippen LogP contribution in [0.2, 0.25) is 0 Å². The highest BCUT2D eigenvalue weighted by Crippen LogP contribution is 2.25. The third kappa shape index (κ3) is 3.30. The van der Waals surface area contributed by atoms with Crippen molar-refractivity contribution < 1.29 is 9.53 Å². The van der Waals surface area contributed by atoms with Crippen LogP contribution in [0.25, 0.3) is 0 Å². The molecule has 0 heterocycles. The molecule has 5 heteroatoms. The summed E-state index contributed by atoms with van der Waals surface area (Å²) < 4.78 is 5.99. The van der Waals surface area contributed by atoms with E-state index in [1.54, 1.807) is 31.4 Å². The van der Waals surface area contributed by atoms with Gasteiger partial charge in [0.15, 0.2) is 0 Å². The number of halogens is 1. The van der Waals surface area contributed by atoms with Gasteiger partial charge in [-0.3, -0.25) is 4.79 Å². The fourth-order valence-corrected chi connectivity index (χ4v) is 2.21. The summed E-state index contributed by atoms with van der Waals surface area (Å²) in [5, 5.41) is 2.82. The van der Waals surface area contributed by atoms with Crippen molar-refractivity contribution >= 4 is 33.2 Å². The molecule has 1 amide bonds. The van der Waals surface area contributed by atoms with Crippen molar-refractivity contribution in [2.45, 2.75) is 6.92 Å².